The van der Waals surface area contributed by atoms with Gasteiger partial charge in [-0.3, -0.25) is 14.7 Å². The molecule has 36 heavy (non-hydrogen) atoms. The highest BCUT2D eigenvalue weighted by Gasteiger charge is 2.34. The zero-order chi connectivity index (χ0) is 25.7. The lowest BCUT2D eigenvalue weighted by Crippen LogP contribution is -2.44. The molecule has 2 heterocycles. The van der Waals surface area contributed by atoms with Gasteiger partial charge in [-0.25, -0.2) is 13.2 Å². The third-order valence-corrected chi connectivity index (χ3v) is 6.75. The number of fused-ring (bicyclic) bond motifs is 1. The average molecular weight is 497 g/mol. The molecule has 1 aliphatic heterocycles. The van der Waals surface area contributed by atoms with Crippen LogP contribution in [0.3, 0.4) is 0 Å². The molecule has 0 unspecified atom stereocenters. The number of hydrogen-bond acceptors (Lipinski definition) is 4. The number of rotatable bonds is 7. The van der Waals surface area contributed by atoms with Gasteiger partial charge in [0.1, 0.15) is 11.9 Å². The molecule has 1 aromatic heterocycles. The molecule has 0 spiro atoms. The van der Waals surface area contributed by atoms with E-state index in [4.69, 9.17) is 4.74 Å². The maximum atomic E-state index is 15.3. The first-order chi connectivity index (χ1) is 17.4. The Hall–Kier alpha value is -3.57. The fourth-order valence-electron chi connectivity index (χ4n) is 4.75. The van der Waals surface area contributed by atoms with E-state index in [1.54, 1.807) is 37.6 Å². The molecule has 1 saturated heterocycles. The molecule has 0 radical (unpaired) electrons. The van der Waals surface area contributed by atoms with E-state index >= 15 is 4.39 Å². The number of methoxy groups -OCH3 is 1. The summed E-state index contributed by atoms with van der Waals surface area (Å²) in [6.45, 7) is 1.11. The molecule has 0 saturated carbocycles. The molecule has 0 bridgehead atoms. The Bertz CT molecular complexity index is 1300. The Morgan fingerprint density at radius 1 is 1.28 bits per heavy atom. The van der Waals surface area contributed by atoms with Crippen LogP contribution in [0.4, 0.5) is 13.2 Å². The molecular weight excluding hydrogens is 469 g/mol. The predicted octanol–water partition coefficient (Wildman–Crippen LogP) is 5.39. The van der Waals surface area contributed by atoms with Crippen LogP contribution < -0.4 is 4.74 Å². The summed E-state index contributed by atoms with van der Waals surface area (Å²) in [4.78, 5) is 18.2. The lowest BCUT2D eigenvalue weighted by atomic mass is 9.81. The predicted molar refractivity (Wildman–Crippen MR) is 130 cm³/mol. The Morgan fingerprint density at radius 2 is 2.11 bits per heavy atom. The van der Waals surface area contributed by atoms with Crippen LogP contribution in [0, 0.1) is 35.3 Å². The number of pyridine rings is 1. The van der Waals surface area contributed by atoms with Crippen LogP contribution in [0.1, 0.15) is 36.6 Å². The average Bonchev–Trinajstić information content (AvgIpc) is 2.89. The van der Waals surface area contributed by atoms with E-state index in [-0.39, 0.29) is 31.0 Å². The second-order valence-electron chi connectivity index (χ2n) is 8.96. The number of nitrogens with zero attached hydrogens (tertiary/aromatic N) is 2. The number of benzene rings is 2. The van der Waals surface area contributed by atoms with E-state index < -0.39 is 29.7 Å². The van der Waals surface area contributed by atoms with Gasteiger partial charge in [0.05, 0.1) is 30.7 Å². The maximum Gasteiger partial charge on any atom is 0.308 e. The standard InChI is InChI=1S/C28H27F3N2O3/c1-36-20-8-10-26-22(16-20)21(11-13-32-26)24(29)9-7-18-12-15-33(17-23(18)28(34)35)14-3-5-19-4-2-6-25(30)27(19)31/h2,4,6,8,10-11,13,16,18,23-24H,7,9,12,14-15,17H2,1H3,(H,34,35)/t18-,23+,24+/m1/s1. The first-order valence-electron chi connectivity index (χ1n) is 11.8. The normalized spacial score (nSPS) is 18.9. The monoisotopic (exact) mass is 496 g/mol. The summed E-state index contributed by atoms with van der Waals surface area (Å²) in [5, 5.41) is 10.5. The molecule has 4 rings (SSSR count). The SMILES string of the molecule is COc1ccc2nccc([C@@H](F)CC[C@@H]3CCN(CC#Cc4cccc(F)c4F)C[C@@H]3C(=O)O)c2c1. The second-order valence-corrected chi connectivity index (χ2v) is 8.96. The van der Waals surface area contributed by atoms with Gasteiger partial charge in [0.2, 0.25) is 0 Å². The van der Waals surface area contributed by atoms with Crippen LogP contribution >= 0.6 is 0 Å². The van der Waals surface area contributed by atoms with Crippen molar-refractivity contribution in [1.29, 1.82) is 0 Å². The Balaban J connectivity index is 1.38. The molecular formula is C28H27F3N2O3. The molecule has 188 valence electrons. The molecule has 0 aliphatic carbocycles. The number of aliphatic carboxylic acids is 1. The Labute approximate surface area is 207 Å². The molecule has 3 atom stereocenters. The molecule has 3 aromatic rings. The Kier molecular flexibility index (Phi) is 8.11. The number of aromatic nitrogens is 1. The van der Waals surface area contributed by atoms with Crippen LogP contribution in [0.15, 0.2) is 48.7 Å². The van der Waals surface area contributed by atoms with Crippen molar-refractivity contribution in [3.05, 3.63) is 71.4 Å². The van der Waals surface area contributed by atoms with Crippen LogP contribution in [0.25, 0.3) is 10.9 Å². The van der Waals surface area contributed by atoms with Crippen molar-refractivity contribution in [2.24, 2.45) is 11.8 Å². The van der Waals surface area contributed by atoms with E-state index in [0.717, 1.165) is 6.07 Å². The summed E-state index contributed by atoms with van der Waals surface area (Å²) in [5.74, 6) is 2.34. The number of piperidine rings is 1. The third-order valence-electron chi connectivity index (χ3n) is 6.75. The third kappa shape index (κ3) is 5.80. The van der Waals surface area contributed by atoms with Crippen molar-refractivity contribution < 1.29 is 27.8 Å². The quantitative estimate of drug-likeness (QED) is 0.445. The maximum absolute atomic E-state index is 15.3. The zero-order valence-electron chi connectivity index (χ0n) is 19.9. The number of carbonyl (C=O) groups is 1. The molecule has 2 aromatic carbocycles. The smallest absolute Gasteiger partial charge is 0.308 e. The summed E-state index contributed by atoms with van der Waals surface area (Å²) in [7, 11) is 1.55. The van der Waals surface area contributed by atoms with Crippen molar-refractivity contribution in [3.63, 3.8) is 0 Å². The molecule has 0 amide bonds. The van der Waals surface area contributed by atoms with Crippen molar-refractivity contribution in [2.75, 3.05) is 26.7 Å². The highest BCUT2D eigenvalue weighted by molar-refractivity contribution is 5.83. The number of carboxylic acids is 1. The van der Waals surface area contributed by atoms with Gasteiger partial charge in [0.15, 0.2) is 11.6 Å². The highest BCUT2D eigenvalue weighted by atomic mass is 19.2. The van der Waals surface area contributed by atoms with Gasteiger partial charge < -0.3 is 9.84 Å². The van der Waals surface area contributed by atoms with Gasteiger partial charge in [0, 0.05) is 18.1 Å². The molecule has 1 N–H and O–H groups in total. The number of ether oxygens (including phenoxy) is 1. The lowest BCUT2D eigenvalue weighted by molar-refractivity contribution is -0.146. The Morgan fingerprint density at radius 3 is 2.89 bits per heavy atom. The van der Waals surface area contributed by atoms with Crippen molar-refractivity contribution >= 4 is 16.9 Å². The number of likely N-dealkylation sites (tertiary alicyclic amines) is 1. The van der Waals surface area contributed by atoms with Crippen molar-refractivity contribution in [1.82, 2.24) is 9.88 Å². The lowest BCUT2D eigenvalue weighted by Gasteiger charge is -2.35. The zero-order valence-corrected chi connectivity index (χ0v) is 19.9. The summed E-state index contributed by atoms with van der Waals surface area (Å²) in [5.41, 5.74) is 1.16. The van der Waals surface area contributed by atoms with E-state index in [9.17, 15) is 18.7 Å². The van der Waals surface area contributed by atoms with Crippen molar-refractivity contribution in [2.45, 2.75) is 25.4 Å². The van der Waals surface area contributed by atoms with Gasteiger partial charge in [-0.15, -0.1) is 0 Å². The summed E-state index contributed by atoms with van der Waals surface area (Å²) in [6.07, 6.45) is 1.53. The van der Waals surface area contributed by atoms with Crippen molar-refractivity contribution in [3.8, 4) is 17.6 Å². The van der Waals surface area contributed by atoms with Crippen LogP contribution in [0.2, 0.25) is 0 Å². The van der Waals surface area contributed by atoms with E-state index in [1.807, 2.05) is 4.90 Å². The summed E-state index contributed by atoms with van der Waals surface area (Å²) in [6, 6.07) is 10.8. The number of halogens is 3. The van der Waals surface area contributed by atoms with E-state index in [0.29, 0.717) is 41.6 Å². The van der Waals surface area contributed by atoms with Gasteiger partial charge in [-0.05, 0) is 73.7 Å². The largest absolute Gasteiger partial charge is 0.497 e. The minimum absolute atomic E-state index is 0.0325. The number of carboxylic acid groups (broad SMARTS) is 1. The molecule has 8 heteroatoms. The minimum Gasteiger partial charge on any atom is -0.497 e. The molecule has 5 nitrogen and oxygen atoms in total. The van der Waals surface area contributed by atoms with Gasteiger partial charge in [0.25, 0.3) is 0 Å². The minimum atomic E-state index is -1.26. The van der Waals surface area contributed by atoms with Gasteiger partial charge in [-0.2, -0.15) is 0 Å². The topological polar surface area (TPSA) is 62.7 Å². The van der Waals surface area contributed by atoms with Crippen LogP contribution in [-0.4, -0.2) is 47.7 Å². The second kappa shape index (κ2) is 11.4. The fraction of sp³-hybridized carbons (Fsp3) is 0.357. The first-order valence-corrected chi connectivity index (χ1v) is 11.8. The fourth-order valence-corrected chi connectivity index (χ4v) is 4.75. The number of hydrogen-bond donors (Lipinski definition) is 1. The first kappa shape index (κ1) is 25.5. The van der Waals surface area contributed by atoms with Gasteiger partial charge >= 0.3 is 5.97 Å². The molecule has 1 aliphatic rings. The highest BCUT2D eigenvalue weighted by Crippen LogP contribution is 2.35. The number of alkyl halides is 1. The van der Waals surface area contributed by atoms with Crippen LogP contribution in [0.5, 0.6) is 5.75 Å². The van der Waals surface area contributed by atoms with E-state index in [1.165, 1.54) is 12.1 Å². The van der Waals surface area contributed by atoms with Crippen LogP contribution in [-0.2, 0) is 4.79 Å². The summed E-state index contributed by atoms with van der Waals surface area (Å²) >= 11 is 0. The molecule has 1 fully saturated rings. The summed E-state index contributed by atoms with van der Waals surface area (Å²) < 4.78 is 47.7. The van der Waals surface area contributed by atoms with Gasteiger partial charge in [-0.1, -0.05) is 17.9 Å². The van der Waals surface area contributed by atoms with E-state index in [2.05, 4.69) is 16.8 Å².